The van der Waals surface area contributed by atoms with Crippen LogP contribution in [0.15, 0.2) is 46.9 Å². The van der Waals surface area contributed by atoms with E-state index in [1.165, 1.54) is 4.90 Å². The van der Waals surface area contributed by atoms with E-state index in [2.05, 4.69) is 12.1 Å². The molecule has 0 saturated carbocycles. The Morgan fingerprint density at radius 1 is 1.33 bits per heavy atom. The maximum Gasteiger partial charge on any atom is 0.0895 e. The first-order valence-electron chi connectivity index (χ1n) is 3.92. The molecule has 1 rings (SSSR count). The van der Waals surface area contributed by atoms with Crippen LogP contribution in [-0.4, -0.2) is 6.61 Å². The molecule has 0 aromatic heterocycles. The molecular weight excluding hydrogens is 168 g/mol. The second-order valence-electron chi connectivity index (χ2n) is 2.16. The molecule has 0 bridgehead atoms. The molecule has 2 heteroatoms. The quantitative estimate of drug-likeness (QED) is 0.519. The fourth-order valence-corrected chi connectivity index (χ4v) is 1.35. The van der Waals surface area contributed by atoms with Gasteiger partial charge in [0.25, 0.3) is 0 Å². The van der Waals surface area contributed by atoms with Crippen molar-refractivity contribution in [3.63, 3.8) is 0 Å². The molecule has 0 N–H and O–H groups in total. The van der Waals surface area contributed by atoms with Gasteiger partial charge in [-0.05, 0) is 19.1 Å². The van der Waals surface area contributed by atoms with Gasteiger partial charge in [-0.15, -0.1) is 0 Å². The smallest absolute Gasteiger partial charge is 0.0895 e. The van der Waals surface area contributed by atoms with Crippen LogP contribution in [0.3, 0.4) is 0 Å². The average molecular weight is 180 g/mol. The van der Waals surface area contributed by atoms with Crippen LogP contribution < -0.4 is 0 Å². The lowest BCUT2D eigenvalue weighted by atomic mass is 10.4. The molecule has 0 unspecified atom stereocenters. The zero-order valence-corrected chi connectivity index (χ0v) is 7.88. The first-order valence-corrected chi connectivity index (χ1v) is 4.79. The number of ether oxygens (including phenoxy) is 1. The Labute approximate surface area is 77.4 Å². The predicted octanol–water partition coefficient (Wildman–Crippen LogP) is 3.29. The van der Waals surface area contributed by atoms with Crippen molar-refractivity contribution in [2.75, 3.05) is 6.61 Å². The molecule has 0 saturated heterocycles. The molecule has 0 radical (unpaired) electrons. The highest BCUT2D eigenvalue weighted by atomic mass is 32.2. The van der Waals surface area contributed by atoms with Gasteiger partial charge in [0.05, 0.1) is 12.9 Å². The van der Waals surface area contributed by atoms with Crippen molar-refractivity contribution in [3.8, 4) is 0 Å². The molecule has 1 aromatic rings. The lowest BCUT2D eigenvalue weighted by Crippen LogP contribution is -1.74. The van der Waals surface area contributed by atoms with Gasteiger partial charge in [0.1, 0.15) is 0 Å². The van der Waals surface area contributed by atoms with Gasteiger partial charge in [-0.25, -0.2) is 0 Å². The minimum absolute atomic E-state index is 0.728. The average Bonchev–Trinajstić information content (AvgIpc) is 2.14. The van der Waals surface area contributed by atoms with Crippen LogP contribution in [0.2, 0.25) is 0 Å². The number of hydrogen-bond acceptors (Lipinski definition) is 2. The molecule has 0 aliphatic rings. The zero-order chi connectivity index (χ0) is 8.65. The summed E-state index contributed by atoms with van der Waals surface area (Å²) in [6.45, 7) is 2.70. The molecule has 0 aliphatic heterocycles. The molecular formula is C10H12OS. The van der Waals surface area contributed by atoms with Crippen molar-refractivity contribution in [1.29, 1.82) is 0 Å². The molecule has 1 nitrogen and oxygen atoms in total. The minimum Gasteiger partial charge on any atom is -0.501 e. The summed E-state index contributed by atoms with van der Waals surface area (Å²) in [6, 6.07) is 10.2. The van der Waals surface area contributed by atoms with Crippen molar-refractivity contribution in [2.24, 2.45) is 0 Å². The normalized spacial score (nSPS) is 10.4. The zero-order valence-electron chi connectivity index (χ0n) is 7.07. The Balaban J connectivity index is 2.33. The SMILES string of the molecule is CCO/C=C/Sc1ccccc1. The summed E-state index contributed by atoms with van der Waals surface area (Å²) in [7, 11) is 0. The lowest BCUT2D eigenvalue weighted by molar-refractivity contribution is 0.270. The highest BCUT2D eigenvalue weighted by Crippen LogP contribution is 2.17. The van der Waals surface area contributed by atoms with Gasteiger partial charge in [0.15, 0.2) is 0 Å². The molecule has 0 atom stereocenters. The van der Waals surface area contributed by atoms with Crippen molar-refractivity contribution in [2.45, 2.75) is 11.8 Å². The molecule has 0 heterocycles. The van der Waals surface area contributed by atoms with Crippen LogP contribution >= 0.6 is 11.8 Å². The Morgan fingerprint density at radius 3 is 2.75 bits per heavy atom. The first kappa shape index (κ1) is 9.20. The number of thioether (sulfide) groups is 1. The summed E-state index contributed by atoms with van der Waals surface area (Å²) in [5.74, 6) is 0. The first-order chi connectivity index (χ1) is 5.93. The molecule has 0 fully saturated rings. The standard InChI is InChI=1S/C10H12OS/c1-2-11-8-9-12-10-6-4-3-5-7-10/h3-9H,2H2,1H3/b9-8+. The van der Waals surface area contributed by atoms with Gasteiger partial charge in [-0.2, -0.15) is 0 Å². The highest BCUT2D eigenvalue weighted by molar-refractivity contribution is 8.02. The monoisotopic (exact) mass is 180 g/mol. The molecule has 12 heavy (non-hydrogen) atoms. The fourth-order valence-electron chi connectivity index (χ4n) is 0.741. The van der Waals surface area contributed by atoms with Crippen molar-refractivity contribution < 1.29 is 4.74 Å². The van der Waals surface area contributed by atoms with Gasteiger partial charge in [-0.3, -0.25) is 0 Å². The molecule has 0 amide bonds. The van der Waals surface area contributed by atoms with Crippen LogP contribution in [-0.2, 0) is 4.74 Å². The lowest BCUT2D eigenvalue weighted by Gasteiger charge is -1.94. The molecule has 0 spiro atoms. The maximum absolute atomic E-state index is 5.05. The number of rotatable bonds is 4. The van der Waals surface area contributed by atoms with Crippen molar-refractivity contribution in [1.82, 2.24) is 0 Å². The van der Waals surface area contributed by atoms with E-state index >= 15 is 0 Å². The Bertz CT molecular complexity index is 231. The third-order valence-electron chi connectivity index (χ3n) is 1.27. The number of benzene rings is 1. The summed E-state index contributed by atoms with van der Waals surface area (Å²) in [5, 5.41) is 1.94. The molecule has 64 valence electrons. The topological polar surface area (TPSA) is 9.23 Å². The largest absolute Gasteiger partial charge is 0.501 e. The van der Waals surface area contributed by atoms with Crippen LogP contribution in [0.1, 0.15) is 6.92 Å². The summed E-state index contributed by atoms with van der Waals surface area (Å²) in [6.07, 6.45) is 1.72. The maximum atomic E-state index is 5.05. The van der Waals surface area contributed by atoms with E-state index in [9.17, 15) is 0 Å². The molecule has 1 aromatic carbocycles. The van der Waals surface area contributed by atoms with Gasteiger partial charge in [0, 0.05) is 10.3 Å². The second kappa shape index (κ2) is 5.72. The van der Waals surface area contributed by atoms with Crippen LogP contribution in [0.5, 0.6) is 0 Å². The van der Waals surface area contributed by atoms with Crippen LogP contribution in [0.4, 0.5) is 0 Å². The van der Waals surface area contributed by atoms with Gasteiger partial charge >= 0.3 is 0 Å². The Morgan fingerprint density at radius 2 is 2.08 bits per heavy atom. The van der Waals surface area contributed by atoms with Crippen LogP contribution in [0.25, 0.3) is 0 Å². The van der Waals surface area contributed by atoms with E-state index in [0.717, 1.165) is 6.61 Å². The summed E-state index contributed by atoms with van der Waals surface area (Å²) < 4.78 is 5.05. The fraction of sp³-hybridized carbons (Fsp3) is 0.200. The van der Waals surface area contributed by atoms with Gasteiger partial charge in [0.2, 0.25) is 0 Å². The van der Waals surface area contributed by atoms with E-state index < -0.39 is 0 Å². The second-order valence-corrected chi connectivity index (χ2v) is 3.14. The van der Waals surface area contributed by atoms with Gasteiger partial charge < -0.3 is 4.74 Å². The van der Waals surface area contributed by atoms with E-state index in [1.54, 1.807) is 18.0 Å². The van der Waals surface area contributed by atoms with Crippen LogP contribution in [0, 0.1) is 0 Å². The predicted molar refractivity (Wildman–Crippen MR) is 53.1 cm³/mol. The minimum atomic E-state index is 0.728. The molecule has 0 aliphatic carbocycles. The summed E-state index contributed by atoms with van der Waals surface area (Å²) in [5.41, 5.74) is 0. The highest BCUT2D eigenvalue weighted by Gasteiger charge is 1.85. The summed E-state index contributed by atoms with van der Waals surface area (Å²) in [4.78, 5) is 1.23. The Kier molecular flexibility index (Phi) is 4.39. The van der Waals surface area contributed by atoms with Gasteiger partial charge in [-0.1, -0.05) is 30.0 Å². The Hall–Kier alpha value is -0.890. The summed E-state index contributed by atoms with van der Waals surface area (Å²) >= 11 is 1.65. The third-order valence-corrected chi connectivity index (χ3v) is 2.06. The van der Waals surface area contributed by atoms with E-state index in [4.69, 9.17) is 4.74 Å². The number of hydrogen-bond donors (Lipinski definition) is 0. The van der Waals surface area contributed by atoms with Crippen molar-refractivity contribution >= 4 is 11.8 Å². The van der Waals surface area contributed by atoms with E-state index in [-0.39, 0.29) is 0 Å². The third kappa shape index (κ3) is 3.49. The van der Waals surface area contributed by atoms with Crippen molar-refractivity contribution in [3.05, 3.63) is 42.0 Å². The van der Waals surface area contributed by atoms with E-state index in [1.807, 2.05) is 30.5 Å². The van der Waals surface area contributed by atoms with E-state index in [0.29, 0.717) is 0 Å².